The first kappa shape index (κ1) is 16.2. The lowest BCUT2D eigenvalue weighted by Crippen LogP contribution is -2.25. The zero-order chi connectivity index (χ0) is 14.9. The van der Waals surface area contributed by atoms with Gasteiger partial charge >= 0.3 is 0 Å². The van der Waals surface area contributed by atoms with Crippen molar-refractivity contribution < 1.29 is 9.47 Å². The molecule has 2 N–H and O–H groups in total. The molecule has 4 nitrogen and oxygen atoms in total. The minimum absolute atomic E-state index is 0.0433. The molecule has 0 radical (unpaired) electrons. The van der Waals surface area contributed by atoms with Gasteiger partial charge in [-0.2, -0.15) is 0 Å². The van der Waals surface area contributed by atoms with Gasteiger partial charge in [0.05, 0.1) is 6.61 Å². The second-order valence-electron chi connectivity index (χ2n) is 4.87. The van der Waals surface area contributed by atoms with Crippen LogP contribution in [0.1, 0.15) is 24.8 Å². The van der Waals surface area contributed by atoms with E-state index in [2.05, 4.69) is 21.2 Å². The molecule has 0 saturated carbocycles. The van der Waals surface area contributed by atoms with E-state index in [4.69, 9.17) is 14.9 Å². The molecule has 1 saturated heterocycles. The smallest absolute Gasteiger partial charge is 0.157 e. The first-order chi connectivity index (χ1) is 10.3. The molecule has 0 aromatic heterocycles. The van der Waals surface area contributed by atoms with Crippen molar-refractivity contribution in [2.75, 3.05) is 19.8 Å². The third-order valence-corrected chi connectivity index (χ3v) is 3.81. The van der Waals surface area contributed by atoms with Gasteiger partial charge in [0.25, 0.3) is 0 Å². The number of nitrogens with one attached hydrogen (secondary N) is 2. The average Bonchev–Trinajstić information content (AvgIpc) is 2.53. The summed E-state index contributed by atoms with van der Waals surface area (Å²) in [5, 5.41) is 10.7. The SMILES string of the molecule is N=C/C(=C\NCCOC1CCCCO1)c1ccc(Br)cc1. The Labute approximate surface area is 134 Å². The average molecular weight is 353 g/mol. The highest BCUT2D eigenvalue weighted by molar-refractivity contribution is 9.10. The van der Waals surface area contributed by atoms with Gasteiger partial charge in [-0.3, -0.25) is 0 Å². The predicted octanol–water partition coefficient (Wildman–Crippen LogP) is 3.57. The monoisotopic (exact) mass is 352 g/mol. The van der Waals surface area contributed by atoms with Gasteiger partial charge in [0.1, 0.15) is 0 Å². The molecule has 1 heterocycles. The van der Waals surface area contributed by atoms with Gasteiger partial charge in [0, 0.05) is 35.6 Å². The van der Waals surface area contributed by atoms with Gasteiger partial charge in [-0.15, -0.1) is 0 Å². The largest absolute Gasteiger partial charge is 0.388 e. The summed E-state index contributed by atoms with van der Waals surface area (Å²) < 4.78 is 12.2. The molecule has 0 spiro atoms. The van der Waals surface area contributed by atoms with Crippen molar-refractivity contribution in [2.45, 2.75) is 25.6 Å². The lowest BCUT2D eigenvalue weighted by molar-refractivity contribution is -0.161. The van der Waals surface area contributed by atoms with Gasteiger partial charge in [-0.1, -0.05) is 28.1 Å². The summed E-state index contributed by atoms with van der Waals surface area (Å²) >= 11 is 3.41. The Morgan fingerprint density at radius 2 is 2.19 bits per heavy atom. The van der Waals surface area contributed by atoms with Crippen LogP contribution in [0.3, 0.4) is 0 Å². The Balaban J connectivity index is 1.73. The van der Waals surface area contributed by atoms with Crippen LogP contribution < -0.4 is 5.32 Å². The van der Waals surface area contributed by atoms with Crippen LogP contribution in [0.15, 0.2) is 34.9 Å². The molecule has 1 aromatic rings. The van der Waals surface area contributed by atoms with Crippen LogP contribution in [0.2, 0.25) is 0 Å². The maximum Gasteiger partial charge on any atom is 0.157 e. The highest BCUT2D eigenvalue weighted by atomic mass is 79.9. The van der Waals surface area contributed by atoms with Crippen LogP contribution in [-0.2, 0) is 9.47 Å². The van der Waals surface area contributed by atoms with E-state index in [0.717, 1.165) is 35.1 Å². The number of hydrogen-bond acceptors (Lipinski definition) is 4. The van der Waals surface area contributed by atoms with E-state index in [0.29, 0.717) is 13.2 Å². The summed E-state index contributed by atoms with van der Waals surface area (Å²) in [6.07, 6.45) is 6.46. The Bertz CT molecular complexity index is 468. The molecule has 1 atom stereocenters. The lowest BCUT2D eigenvalue weighted by Gasteiger charge is -2.22. The van der Waals surface area contributed by atoms with Crippen LogP contribution in [-0.4, -0.2) is 32.3 Å². The highest BCUT2D eigenvalue weighted by Gasteiger charge is 2.13. The Morgan fingerprint density at radius 3 is 2.86 bits per heavy atom. The summed E-state index contributed by atoms with van der Waals surface area (Å²) in [6, 6.07) is 7.90. The maximum absolute atomic E-state index is 7.50. The van der Waals surface area contributed by atoms with Crippen molar-refractivity contribution in [1.29, 1.82) is 5.41 Å². The fourth-order valence-electron chi connectivity index (χ4n) is 2.12. The third-order valence-electron chi connectivity index (χ3n) is 3.28. The highest BCUT2D eigenvalue weighted by Crippen LogP contribution is 2.16. The number of hydrogen-bond donors (Lipinski definition) is 2. The Hall–Kier alpha value is -1.17. The topological polar surface area (TPSA) is 54.3 Å². The molecule has 1 aromatic carbocycles. The first-order valence-corrected chi connectivity index (χ1v) is 8.02. The van der Waals surface area contributed by atoms with Gasteiger partial charge in [0.15, 0.2) is 6.29 Å². The minimum atomic E-state index is -0.0433. The molecule has 1 aliphatic rings. The van der Waals surface area contributed by atoms with Gasteiger partial charge < -0.3 is 20.2 Å². The standard InChI is InChI=1S/C16H21BrN2O2/c17-15-6-4-13(5-7-15)14(11-18)12-19-8-10-21-16-3-1-2-9-20-16/h4-7,11-12,16,18-19H,1-3,8-10H2/b14-12+,18-11?. The van der Waals surface area contributed by atoms with Crippen molar-refractivity contribution in [3.63, 3.8) is 0 Å². The molecule has 2 rings (SSSR count). The molecular formula is C16H21BrN2O2. The summed E-state index contributed by atoms with van der Waals surface area (Å²) in [5.41, 5.74) is 1.86. The van der Waals surface area contributed by atoms with E-state index in [-0.39, 0.29) is 6.29 Å². The summed E-state index contributed by atoms with van der Waals surface area (Å²) in [4.78, 5) is 0. The van der Waals surface area contributed by atoms with Crippen molar-refractivity contribution in [3.8, 4) is 0 Å². The van der Waals surface area contributed by atoms with Gasteiger partial charge in [-0.05, 0) is 37.0 Å². The summed E-state index contributed by atoms with van der Waals surface area (Å²) in [6.45, 7) is 2.11. The van der Waals surface area contributed by atoms with E-state index in [1.54, 1.807) is 0 Å². The normalized spacial score (nSPS) is 19.3. The second-order valence-corrected chi connectivity index (χ2v) is 5.79. The van der Waals surface area contributed by atoms with Crippen molar-refractivity contribution in [3.05, 3.63) is 40.5 Å². The summed E-state index contributed by atoms with van der Waals surface area (Å²) in [5.74, 6) is 0. The van der Waals surface area contributed by atoms with E-state index in [9.17, 15) is 0 Å². The maximum atomic E-state index is 7.50. The quantitative estimate of drug-likeness (QED) is 0.582. The van der Waals surface area contributed by atoms with Crippen LogP contribution in [0.5, 0.6) is 0 Å². The molecule has 1 aliphatic heterocycles. The fraction of sp³-hybridized carbons (Fsp3) is 0.438. The second kappa shape index (κ2) is 8.97. The number of benzene rings is 1. The van der Waals surface area contributed by atoms with Crippen LogP contribution in [0.4, 0.5) is 0 Å². The van der Waals surface area contributed by atoms with Crippen LogP contribution in [0.25, 0.3) is 5.57 Å². The molecule has 5 heteroatoms. The first-order valence-electron chi connectivity index (χ1n) is 7.23. The fourth-order valence-corrected chi connectivity index (χ4v) is 2.39. The molecule has 0 amide bonds. The van der Waals surface area contributed by atoms with E-state index >= 15 is 0 Å². The van der Waals surface area contributed by atoms with Gasteiger partial charge in [-0.25, -0.2) is 0 Å². The van der Waals surface area contributed by atoms with Crippen LogP contribution in [0, 0.1) is 5.41 Å². The number of allylic oxidation sites excluding steroid dienone is 1. The van der Waals surface area contributed by atoms with Gasteiger partial charge in [0.2, 0.25) is 0 Å². The molecular weight excluding hydrogens is 332 g/mol. The minimum Gasteiger partial charge on any atom is -0.388 e. The van der Waals surface area contributed by atoms with Crippen LogP contribution >= 0.6 is 15.9 Å². The predicted molar refractivity (Wildman–Crippen MR) is 88.4 cm³/mol. The van der Waals surface area contributed by atoms with Crippen molar-refractivity contribution >= 4 is 27.7 Å². The number of rotatable bonds is 7. The zero-order valence-corrected chi connectivity index (χ0v) is 13.6. The summed E-state index contributed by atoms with van der Waals surface area (Å²) in [7, 11) is 0. The molecule has 0 bridgehead atoms. The van der Waals surface area contributed by atoms with E-state index in [1.807, 2.05) is 30.5 Å². The Kier molecular flexibility index (Phi) is 6.92. The Morgan fingerprint density at radius 1 is 1.38 bits per heavy atom. The van der Waals surface area contributed by atoms with E-state index in [1.165, 1.54) is 12.6 Å². The van der Waals surface area contributed by atoms with E-state index < -0.39 is 0 Å². The molecule has 21 heavy (non-hydrogen) atoms. The number of ether oxygens (including phenoxy) is 2. The zero-order valence-electron chi connectivity index (χ0n) is 12.0. The molecule has 1 unspecified atom stereocenters. The van der Waals surface area contributed by atoms with Crippen molar-refractivity contribution in [2.24, 2.45) is 0 Å². The molecule has 0 aliphatic carbocycles. The number of halogens is 1. The van der Waals surface area contributed by atoms with Crippen molar-refractivity contribution in [1.82, 2.24) is 5.32 Å². The lowest BCUT2D eigenvalue weighted by atomic mass is 10.1. The molecule has 1 fully saturated rings. The third kappa shape index (κ3) is 5.61. The molecule has 114 valence electrons.